The molecule has 1 unspecified atom stereocenters. The predicted molar refractivity (Wildman–Crippen MR) is 64.8 cm³/mol. The molecule has 2 aromatic rings. The first-order valence-corrected chi connectivity index (χ1v) is 5.23. The van der Waals surface area contributed by atoms with E-state index in [1.165, 1.54) is 17.3 Å². The van der Waals surface area contributed by atoms with Gasteiger partial charge in [0.1, 0.15) is 18.7 Å². The van der Waals surface area contributed by atoms with Gasteiger partial charge in [-0.25, -0.2) is 10.8 Å². The number of anilines is 2. The van der Waals surface area contributed by atoms with Crippen LogP contribution in [0.4, 0.5) is 11.9 Å². The van der Waals surface area contributed by atoms with Crippen LogP contribution < -0.4 is 22.3 Å². The van der Waals surface area contributed by atoms with Crippen molar-refractivity contribution in [3.63, 3.8) is 0 Å². The van der Waals surface area contributed by atoms with Gasteiger partial charge in [0.05, 0.1) is 0 Å². The number of nitrogens with zero attached hydrogens (tertiary/aromatic N) is 6. The van der Waals surface area contributed by atoms with Crippen molar-refractivity contribution in [3.05, 3.63) is 12.7 Å². The number of carbonyl (C=O) groups is 1. The average Bonchev–Trinajstić information content (AvgIpc) is 2.92. The van der Waals surface area contributed by atoms with Crippen LogP contribution in [0.5, 0.6) is 0 Å². The zero-order valence-corrected chi connectivity index (χ0v) is 9.98. The molecule has 0 saturated carbocycles. The Balaban J connectivity index is 2.34. The van der Waals surface area contributed by atoms with Crippen LogP contribution >= 0.6 is 0 Å². The number of nitrogens with one attached hydrogen (secondary N) is 2. The Morgan fingerprint density at radius 3 is 2.68 bits per heavy atom. The lowest BCUT2D eigenvalue weighted by molar-refractivity contribution is -0.118. The van der Waals surface area contributed by atoms with Gasteiger partial charge in [-0.1, -0.05) is 0 Å². The summed E-state index contributed by atoms with van der Waals surface area (Å²) in [6.07, 6.45) is 2.75. The van der Waals surface area contributed by atoms with Crippen LogP contribution in [-0.4, -0.2) is 41.7 Å². The molecule has 0 bridgehead atoms. The van der Waals surface area contributed by atoms with Crippen LogP contribution in [-0.2, 0) is 4.79 Å². The van der Waals surface area contributed by atoms with Gasteiger partial charge in [0.2, 0.25) is 17.8 Å². The second-order valence-electron chi connectivity index (χ2n) is 3.54. The molecule has 2 rings (SSSR count). The highest BCUT2D eigenvalue weighted by molar-refractivity contribution is 5.81. The summed E-state index contributed by atoms with van der Waals surface area (Å²) in [7, 11) is 0. The summed E-state index contributed by atoms with van der Waals surface area (Å²) in [6, 6.07) is -0.642. The minimum Gasteiger partial charge on any atom is -0.368 e. The summed E-state index contributed by atoms with van der Waals surface area (Å²) in [4.78, 5) is 26.8. The van der Waals surface area contributed by atoms with Gasteiger partial charge in [0, 0.05) is 0 Å². The Bertz CT molecular complexity index is 567. The molecule has 2 aromatic heterocycles. The van der Waals surface area contributed by atoms with Gasteiger partial charge in [0.15, 0.2) is 0 Å². The average molecular weight is 264 g/mol. The molecule has 6 N–H and O–H groups in total. The molecule has 19 heavy (non-hydrogen) atoms. The molecule has 0 fully saturated rings. The summed E-state index contributed by atoms with van der Waals surface area (Å²) in [5, 5.41) is 6.61. The monoisotopic (exact) mass is 264 g/mol. The van der Waals surface area contributed by atoms with Crippen molar-refractivity contribution in [2.45, 2.75) is 13.0 Å². The largest absolute Gasteiger partial charge is 0.368 e. The molecule has 0 saturated heterocycles. The van der Waals surface area contributed by atoms with Crippen LogP contribution in [0.15, 0.2) is 12.7 Å². The van der Waals surface area contributed by atoms with Crippen LogP contribution in [0.3, 0.4) is 0 Å². The van der Waals surface area contributed by atoms with E-state index in [-0.39, 0.29) is 17.8 Å². The molecule has 0 spiro atoms. The Labute approximate surface area is 107 Å². The van der Waals surface area contributed by atoms with Crippen molar-refractivity contribution in [2.75, 3.05) is 10.7 Å². The molecule has 1 amide bonds. The summed E-state index contributed by atoms with van der Waals surface area (Å²) >= 11 is 0. The maximum atomic E-state index is 11.0. The molecule has 0 radical (unpaired) electrons. The maximum Gasteiger partial charge on any atom is 0.258 e. The molecule has 11 nitrogen and oxygen atoms in total. The smallest absolute Gasteiger partial charge is 0.258 e. The summed E-state index contributed by atoms with van der Waals surface area (Å²) < 4.78 is 1.32. The van der Waals surface area contributed by atoms with E-state index >= 15 is 0 Å². The van der Waals surface area contributed by atoms with E-state index in [2.05, 4.69) is 35.8 Å². The molecule has 1 atom stereocenters. The minimum absolute atomic E-state index is 0.111. The van der Waals surface area contributed by atoms with Crippen molar-refractivity contribution in [2.24, 2.45) is 11.6 Å². The molecule has 0 aliphatic heterocycles. The SMILES string of the molecule is CC(Nc1nc(NN)nc(-n2cncn2)n1)C(N)=O. The number of hydrazine groups is 1. The summed E-state index contributed by atoms with van der Waals surface area (Å²) in [5.41, 5.74) is 7.44. The third-order valence-electron chi connectivity index (χ3n) is 2.15. The quantitative estimate of drug-likeness (QED) is 0.354. The molecule has 100 valence electrons. The zero-order chi connectivity index (χ0) is 13.8. The first-order chi connectivity index (χ1) is 9.10. The Kier molecular flexibility index (Phi) is 3.47. The van der Waals surface area contributed by atoms with Crippen LogP contribution in [0.2, 0.25) is 0 Å². The molecule has 2 heterocycles. The van der Waals surface area contributed by atoms with Gasteiger partial charge in [-0.15, -0.1) is 0 Å². The lowest BCUT2D eigenvalue weighted by Crippen LogP contribution is -2.33. The minimum atomic E-state index is -0.642. The lowest BCUT2D eigenvalue weighted by atomic mass is 10.3. The van der Waals surface area contributed by atoms with Gasteiger partial charge in [-0.2, -0.15) is 24.7 Å². The zero-order valence-electron chi connectivity index (χ0n) is 9.98. The second kappa shape index (κ2) is 5.22. The number of primary amides is 1. The van der Waals surface area contributed by atoms with Crippen LogP contribution in [0.1, 0.15) is 6.92 Å². The fraction of sp³-hybridized carbons (Fsp3) is 0.250. The number of hydrogen-bond donors (Lipinski definition) is 4. The number of aromatic nitrogens is 6. The van der Waals surface area contributed by atoms with E-state index in [4.69, 9.17) is 11.6 Å². The number of carbonyl (C=O) groups excluding carboxylic acids is 1. The van der Waals surface area contributed by atoms with Gasteiger partial charge in [-0.3, -0.25) is 10.2 Å². The third-order valence-corrected chi connectivity index (χ3v) is 2.15. The normalized spacial score (nSPS) is 11.9. The Morgan fingerprint density at radius 2 is 2.11 bits per heavy atom. The van der Waals surface area contributed by atoms with Crippen molar-refractivity contribution >= 4 is 17.8 Å². The van der Waals surface area contributed by atoms with Crippen LogP contribution in [0, 0.1) is 0 Å². The Hall–Kier alpha value is -2.82. The van der Waals surface area contributed by atoms with E-state index in [9.17, 15) is 4.79 Å². The molecule has 11 heteroatoms. The lowest BCUT2D eigenvalue weighted by Gasteiger charge is -2.11. The molecule has 0 aliphatic rings. The maximum absolute atomic E-state index is 11.0. The fourth-order valence-corrected chi connectivity index (χ4v) is 1.17. The van der Waals surface area contributed by atoms with E-state index in [0.717, 1.165) is 0 Å². The number of hydrogen-bond acceptors (Lipinski definition) is 9. The van der Waals surface area contributed by atoms with E-state index in [1.54, 1.807) is 6.92 Å². The molecule has 0 aromatic carbocycles. The number of nitrogens with two attached hydrogens (primary N) is 2. The van der Waals surface area contributed by atoms with Gasteiger partial charge in [0.25, 0.3) is 5.95 Å². The van der Waals surface area contributed by atoms with Gasteiger partial charge in [-0.05, 0) is 6.92 Å². The molecular formula is C8H12N10O. The van der Waals surface area contributed by atoms with Crippen molar-refractivity contribution in [1.29, 1.82) is 0 Å². The van der Waals surface area contributed by atoms with E-state index in [1.807, 2.05) is 0 Å². The molecule has 0 aliphatic carbocycles. The first kappa shape index (κ1) is 12.6. The number of nitrogen functional groups attached to an aromatic ring is 1. The highest BCUT2D eigenvalue weighted by Crippen LogP contribution is 2.08. The highest BCUT2D eigenvalue weighted by Gasteiger charge is 2.13. The van der Waals surface area contributed by atoms with Gasteiger partial charge < -0.3 is 11.1 Å². The third kappa shape index (κ3) is 2.90. The van der Waals surface area contributed by atoms with E-state index in [0.29, 0.717) is 0 Å². The van der Waals surface area contributed by atoms with Crippen molar-refractivity contribution in [1.82, 2.24) is 29.7 Å². The number of amides is 1. The first-order valence-electron chi connectivity index (χ1n) is 5.23. The number of rotatable bonds is 5. The van der Waals surface area contributed by atoms with Crippen molar-refractivity contribution < 1.29 is 4.79 Å². The van der Waals surface area contributed by atoms with Crippen LogP contribution in [0.25, 0.3) is 5.95 Å². The fourth-order valence-electron chi connectivity index (χ4n) is 1.17. The topological polar surface area (TPSA) is 163 Å². The second-order valence-corrected chi connectivity index (χ2v) is 3.54. The Morgan fingerprint density at radius 1 is 1.37 bits per heavy atom. The molecular weight excluding hydrogens is 252 g/mol. The predicted octanol–water partition coefficient (Wildman–Crippen LogP) is -1.98. The van der Waals surface area contributed by atoms with Crippen molar-refractivity contribution in [3.8, 4) is 5.95 Å². The van der Waals surface area contributed by atoms with E-state index < -0.39 is 11.9 Å². The highest BCUT2D eigenvalue weighted by atomic mass is 16.1. The van der Waals surface area contributed by atoms with Gasteiger partial charge >= 0.3 is 0 Å². The summed E-state index contributed by atoms with van der Waals surface area (Å²) in [6.45, 7) is 1.58. The standard InChI is InChI=1S/C8H12N10O/c1-4(5(9)19)13-6-14-7(17-10)16-8(15-6)18-3-11-2-12-18/h2-4H,10H2,1H3,(H2,9,19)(H2,13,14,15,16,17). The summed E-state index contributed by atoms with van der Waals surface area (Å²) in [5.74, 6) is 5.17.